The van der Waals surface area contributed by atoms with Crippen molar-refractivity contribution >= 4 is 11.6 Å². The molecular weight excluding hydrogens is 286 g/mol. The fourth-order valence-corrected chi connectivity index (χ4v) is 2.32. The van der Waals surface area contributed by atoms with Crippen LogP contribution in [0.2, 0.25) is 5.02 Å². The van der Waals surface area contributed by atoms with E-state index in [4.69, 9.17) is 21.1 Å². The van der Waals surface area contributed by atoms with E-state index in [2.05, 4.69) is 26.1 Å². The van der Waals surface area contributed by atoms with Gasteiger partial charge in [0, 0.05) is 29.2 Å². The van der Waals surface area contributed by atoms with Gasteiger partial charge in [-0.15, -0.1) is 0 Å². The molecule has 0 fully saturated rings. The Bertz CT molecular complexity index is 421. The van der Waals surface area contributed by atoms with Gasteiger partial charge in [-0.05, 0) is 12.5 Å². The molecule has 0 aliphatic carbocycles. The summed E-state index contributed by atoms with van der Waals surface area (Å²) in [4.78, 5) is 0. The summed E-state index contributed by atoms with van der Waals surface area (Å²) in [5.74, 6) is 1.52. The van der Waals surface area contributed by atoms with Crippen molar-refractivity contribution < 1.29 is 9.47 Å². The van der Waals surface area contributed by atoms with Crippen molar-refractivity contribution in [3.8, 4) is 11.5 Å². The maximum atomic E-state index is 6.16. The first-order chi connectivity index (χ1) is 10.1. The van der Waals surface area contributed by atoms with Crippen molar-refractivity contribution in [2.75, 3.05) is 13.7 Å². The van der Waals surface area contributed by atoms with Gasteiger partial charge >= 0.3 is 0 Å². The second-order valence-electron chi connectivity index (χ2n) is 5.54. The maximum absolute atomic E-state index is 6.16. The molecule has 1 rings (SSSR count). The summed E-state index contributed by atoms with van der Waals surface area (Å²) in [6.45, 7) is 7.88. The molecule has 0 spiro atoms. The Morgan fingerprint density at radius 1 is 1.19 bits per heavy atom. The molecule has 0 amide bonds. The molecule has 0 aliphatic rings. The summed E-state index contributed by atoms with van der Waals surface area (Å²) in [6, 6.07) is 4.16. The monoisotopic (exact) mass is 313 g/mol. The van der Waals surface area contributed by atoms with Gasteiger partial charge < -0.3 is 14.8 Å². The van der Waals surface area contributed by atoms with Crippen LogP contribution in [-0.2, 0) is 6.54 Å². The van der Waals surface area contributed by atoms with Crippen molar-refractivity contribution in [1.29, 1.82) is 0 Å². The molecule has 0 bridgehead atoms. The molecule has 0 atom stereocenters. The van der Waals surface area contributed by atoms with E-state index in [0.717, 1.165) is 24.3 Å². The average Bonchev–Trinajstić information content (AvgIpc) is 2.45. The molecule has 0 unspecified atom stereocenters. The zero-order valence-electron chi connectivity index (χ0n) is 13.7. The number of rotatable bonds is 10. The number of hydrogen-bond donors (Lipinski definition) is 1. The van der Waals surface area contributed by atoms with Crippen LogP contribution in [0.4, 0.5) is 0 Å². The minimum Gasteiger partial charge on any atom is -0.493 e. The van der Waals surface area contributed by atoms with Crippen LogP contribution in [0.25, 0.3) is 0 Å². The summed E-state index contributed by atoms with van der Waals surface area (Å²) >= 11 is 6.16. The summed E-state index contributed by atoms with van der Waals surface area (Å²) in [7, 11) is 1.65. The predicted molar refractivity (Wildman–Crippen MR) is 89.6 cm³/mol. The van der Waals surface area contributed by atoms with Gasteiger partial charge in [0.1, 0.15) is 0 Å². The van der Waals surface area contributed by atoms with Crippen molar-refractivity contribution in [3.05, 3.63) is 22.7 Å². The number of methoxy groups -OCH3 is 1. The van der Waals surface area contributed by atoms with Crippen molar-refractivity contribution in [3.63, 3.8) is 0 Å². The molecule has 21 heavy (non-hydrogen) atoms. The first-order valence-corrected chi connectivity index (χ1v) is 8.18. The van der Waals surface area contributed by atoms with Crippen LogP contribution in [0.1, 0.15) is 52.0 Å². The molecule has 0 aromatic heterocycles. The minimum absolute atomic E-state index is 0.410. The second kappa shape index (κ2) is 9.91. The summed E-state index contributed by atoms with van der Waals surface area (Å²) < 4.78 is 11.4. The molecule has 1 N–H and O–H groups in total. The Labute approximate surface area is 134 Å². The van der Waals surface area contributed by atoms with Gasteiger partial charge in [-0.2, -0.15) is 0 Å². The maximum Gasteiger partial charge on any atom is 0.165 e. The minimum atomic E-state index is 0.410. The molecule has 4 heteroatoms. The average molecular weight is 314 g/mol. The number of hydrogen-bond acceptors (Lipinski definition) is 3. The Morgan fingerprint density at radius 3 is 2.57 bits per heavy atom. The van der Waals surface area contributed by atoms with Gasteiger partial charge in [-0.3, -0.25) is 0 Å². The zero-order chi connectivity index (χ0) is 15.7. The lowest BCUT2D eigenvalue weighted by Crippen LogP contribution is -2.22. The molecule has 120 valence electrons. The SMILES string of the molecule is CCCCCCOc1c(CNC(C)C)cc(Cl)cc1OC. The van der Waals surface area contributed by atoms with Crippen LogP contribution in [-0.4, -0.2) is 19.8 Å². The second-order valence-corrected chi connectivity index (χ2v) is 5.98. The lowest BCUT2D eigenvalue weighted by atomic mass is 10.1. The van der Waals surface area contributed by atoms with E-state index in [1.807, 2.05) is 12.1 Å². The van der Waals surface area contributed by atoms with E-state index in [9.17, 15) is 0 Å². The highest BCUT2D eigenvalue weighted by Gasteiger charge is 2.13. The fraction of sp³-hybridized carbons (Fsp3) is 0.647. The Morgan fingerprint density at radius 2 is 1.95 bits per heavy atom. The Hall–Kier alpha value is -0.930. The van der Waals surface area contributed by atoms with Gasteiger partial charge in [0.15, 0.2) is 11.5 Å². The number of benzene rings is 1. The summed E-state index contributed by atoms with van der Waals surface area (Å²) in [5, 5.41) is 4.07. The smallest absolute Gasteiger partial charge is 0.165 e. The number of ether oxygens (including phenoxy) is 2. The van der Waals surface area contributed by atoms with E-state index in [1.54, 1.807) is 7.11 Å². The first-order valence-electron chi connectivity index (χ1n) is 7.81. The third kappa shape index (κ3) is 6.58. The van der Waals surface area contributed by atoms with Gasteiger partial charge in [0.25, 0.3) is 0 Å². The van der Waals surface area contributed by atoms with Gasteiger partial charge in [-0.25, -0.2) is 0 Å². The highest BCUT2D eigenvalue weighted by molar-refractivity contribution is 6.30. The Balaban J connectivity index is 2.76. The molecule has 0 aliphatic heterocycles. The molecule has 0 radical (unpaired) electrons. The van der Waals surface area contributed by atoms with E-state index in [0.29, 0.717) is 23.4 Å². The summed E-state index contributed by atoms with van der Waals surface area (Å²) in [5.41, 5.74) is 1.04. The molecule has 0 heterocycles. The van der Waals surface area contributed by atoms with Gasteiger partial charge in [-0.1, -0.05) is 51.6 Å². The Kier molecular flexibility index (Phi) is 8.55. The quantitative estimate of drug-likeness (QED) is 0.629. The largest absolute Gasteiger partial charge is 0.493 e. The van der Waals surface area contributed by atoms with E-state index >= 15 is 0 Å². The normalized spacial score (nSPS) is 11.0. The first kappa shape index (κ1) is 18.1. The van der Waals surface area contributed by atoms with E-state index in [-0.39, 0.29) is 0 Å². The number of halogens is 1. The van der Waals surface area contributed by atoms with E-state index in [1.165, 1.54) is 19.3 Å². The fourth-order valence-electron chi connectivity index (χ4n) is 2.09. The van der Waals surface area contributed by atoms with Crippen molar-refractivity contribution in [2.45, 2.75) is 59.0 Å². The predicted octanol–water partition coefficient (Wildman–Crippen LogP) is 4.81. The third-order valence-electron chi connectivity index (χ3n) is 3.26. The highest BCUT2D eigenvalue weighted by Crippen LogP contribution is 2.35. The molecule has 1 aromatic rings. The van der Waals surface area contributed by atoms with E-state index < -0.39 is 0 Å². The van der Waals surface area contributed by atoms with Crippen molar-refractivity contribution in [2.24, 2.45) is 0 Å². The number of unbranched alkanes of at least 4 members (excludes halogenated alkanes) is 3. The van der Waals surface area contributed by atoms with Crippen molar-refractivity contribution in [1.82, 2.24) is 5.32 Å². The van der Waals surface area contributed by atoms with Crippen LogP contribution in [0.3, 0.4) is 0 Å². The molecule has 1 aromatic carbocycles. The molecular formula is C17H28ClNO2. The van der Waals surface area contributed by atoms with Crippen LogP contribution in [0.5, 0.6) is 11.5 Å². The zero-order valence-corrected chi connectivity index (χ0v) is 14.4. The van der Waals surface area contributed by atoms with Crippen LogP contribution < -0.4 is 14.8 Å². The lowest BCUT2D eigenvalue weighted by molar-refractivity contribution is 0.281. The van der Waals surface area contributed by atoms with Crippen LogP contribution in [0.15, 0.2) is 12.1 Å². The summed E-state index contributed by atoms with van der Waals surface area (Å²) in [6.07, 6.45) is 4.75. The molecule has 0 saturated heterocycles. The van der Waals surface area contributed by atoms with Crippen LogP contribution >= 0.6 is 11.6 Å². The highest BCUT2D eigenvalue weighted by atomic mass is 35.5. The third-order valence-corrected chi connectivity index (χ3v) is 3.48. The van der Waals surface area contributed by atoms with Gasteiger partial charge in [0.05, 0.1) is 13.7 Å². The molecule has 0 saturated carbocycles. The lowest BCUT2D eigenvalue weighted by Gasteiger charge is -2.17. The topological polar surface area (TPSA) is 30.5 Å². The standard InChI is InChI=1S/C17H28ClNO2/c1-5-6-7-8-9-21-17-14(12-19-13(2)3)10-15(18)11-16(17)20-4/h10-11,13,19H,5-9,12H2,1-4H3. The van der Waals surface area contributed by atoms with Gasteiger partial charge in [0.2, 0.25) is 0 Å². The number of nitrogens with one attached hydrogen (secondary N) is 1. The van der Waals surface area contributed by atoms with Crippen LogP contribution in [0, 0.1) is 0 Å². The molecule has 3 nitrogen and oxygen atoms in total.